The van der Waals surface area contributed by atoms with Gasteiger partial charge in [-0.3, -0.25) is 4.79 Å². The number of anilines is 1. The molecular weight excluding hydrogens is 408 g/mol. The third-order valence-corrected chi connectivity index (χ3v) is 5.66. The fourth-order valence-electron chi connectivity index (χ4n) is 2.78. The van der Waals surface area contributed by atoms with Crippen LogP contribution >= 0.6 is 0 Å². The van der Waals surface area contributed by atoms with Gasteiger partial charge in [-0.15, -0.1) is 0 Å². The standard InChI is InChI=1S/C21H22N2O6S/c1-27-19-9-8-15(11-20(19)28-2)12-21(24)23-16-5-3-7-18(13-16)30(25,26)22-14-17-6-4-10-29-17/h3-11,13,22H,12,14H2,1-2H3,(H,23,24). The van der Waals surface area contributed by atoms with E-state index in [0.29, 0.717) is 22.9 Å². The fourth-order valence-corrected chi connectivity index (χ4v) is 3.82. The van der Waals surface area contributed by atoms with E-state index in [0.717, 1.165) is 5.56 Å². The first-order valence-electron chi connectivity index (χ1n) is 9.04. The summed E-state index contributed by atoms with van der Waals surface area (Å²) in [5.74, 6) is 1.30. The first-order chi connectivity index (χ1) is 14.4. The van der Waals surface area contributed by atoms with E-state index in [-0.39, 0.29) is 23.8 Å². The van der Waals surface area contributed by atoms with Crippen molar-refractivity contribution in [2.24, 2.45) is 0 Å². The highest BCUT2D eigenvalue weighted by molar-refractivity contribution is 7.89. The van der Waals surface area contributed by atoms with Gasteiger partial charge >= 0.3 is 0 Å². The molecule has 30 heavy (non-hydrogen) atoms. The Kier molecular flexibility index (Phi) is 6.76. The predicted octanol–water partition coefficient (Wildman–Crippen LogP) is 2.96. The third kappa shape index (κ3) is 5.40. The van der Waals surface area contributed by atoms with E-state index in [1.54, 1.807) is 42.5 Å². The van der Waals surface area contributed by atoms with Gasteiger partial charge < -0.3 is 19.2 Å². The van der Waals surface area contributed by atoms with Crippen molar-refractivity contribution in [3.8, 4) is 11.5 Å². The largest absolute Gasteiger partial charge is 0.493 e. The molecule has 1 aromatic heterocycles. The molecule has 0 spiro atoms. The van der Waals surface area contributed by atoms with Crippen molar-refractivity contribution in [1.29, 1.82) is 0 Å². The van der Waals surface area contributed by atoms with E-state index in [4.69, 9.17) is 13.9 Å². The molecule has 158 valence electrons. The summed E-state index contributed by atoms with van der Waals surface area (Å²) in [5.41, 5.74) is 1.11. The van der Waals surface area contributed by atoms with Crippen molar-refractivity contribution in [1.82, 2.24) is 4.72 Å². The smallest absolute Gasteiger partial charge is 0.241 e. The van der Waals surface area contributed by atoms with Gasteiger partial charge in [0.2, 0.25) is 15.9 Å². The molecule has 8 nitrogen and oxygen atoms in total. The Balaban J connectivity index is 1.66. The minimum atomic E-state index is -3.76. The number of sulfonamides is 1. The van der Waals surface area contributed by atoms with Gasteiger partial charge in [0.1, 0.15) is 5.76 Å². The monoisotopic (exact) mass is 430 g/mol. The van der Waals surface area contributed by atoms with Gasteiger partial charge in [0, 0.05) is 5.69 Å². The van der Waals surface area contributed by atoms with Crippen LogP contribution in [0.2, 0.25) is 0 Å². The maximum Gasteiger partial charge on any atom is 0.241 e. The van der Waals surface area contributed by atoms with Crippen molar-refractivity contribution in [3.63, 3.8) is 0 Å². The maximum absolute atomic E-state index is 12.5. The number of amides is 1. The van der Waals surface area contributed by atoms with Gasteiger partial charge in [0.05, 0.1) is 38.3 Å². The second-order valence-corrected chi connectivity index (χ2v) is 8.11. The minimum Gasteiger partial charge on any atom is -0.493 e. The number of furan rings is 1. The van der Waals surface area contributed by atoms with Crippen LogP contribution in [0.4, 0.5) is 5.69 Å². The summed E-state index contributed by atoms with van der Waals surface area (Å²) in [6.07, 6.45) is 1.56. The Morgan fingerprint density at radius 1 is 1.00 bits per heavy atom. The molecule has 2 aromatic carbocycles. The normalized spacial score (nSPS) is 11.1. The van der Waals surface area contributed by atoms with Gasteiger partial charge in [-0.2, -0.15) is 0 Å². The minimum absolute atomic E-state index is 0.0330. The van der Waals surface area contributed by atoms with Crippen molar-refractivity contribution in [3.05, 3.63) is 72.2 Å². The summed E-state index contributed by atoms with van der Waals surface area (Å²) >= 11 is 0. The van der Waals surface area contributed by atoms with Crippen LogP contribution in [0, 0.1) is 0 Å². The summed E-state index contributed by atoms with van der Waals surface area (Å²) < 4.78 is 43.0. The zero-order chi connectivity index (χ0) is 21.6. The molecule has 1 amide bonds. The Labute approximate surface area is 174 Å². The number of hydrogen-bond donors (Lipinski definition) is 2. The van der Waals surface area contributed by atoms with Gasteiger partial charge in [0.25, 0.3) is 0 Å². The summed E-state index contributed by atoms with van der Waals surface area (Å²) in [4.78, 5) is 12.5. The van der Waals surface area contributed by atoms with E-state index in [1.807, 2.05) is 0 Å². The number of hydrogen-bond acceptors (Lipinski definition) is 6. The van der Waals surface area contributed by atoms with Crippen molar-refractivity contribution in [2.45, 2.75) is 17.9 Å². The molecule has 0 aliphatic carbocycles. The molecule has 0 fully saturated rings. The lowest BCUT2D eigenvalue weighted by Gasteiger charge is -2.11. The molecule has 1 heterocycles. The van der Waals surface area contributed by atoms with Crippen LogP contribution in [0.3, 0.4) is 0 Å². The number of carbonyl (C=O) groups excluding carboxylic acids is 1. The molecule has 0 radical (unpaired) electrons. The highest BCUT2D eigenvalue weighted by Gasteiger charge is 2.16. The Morgan fingerprint density at radius 3 is 2.50 bits per heavy atom. The molecule has 0 aliphatic rings. The second kappa shape index (κ2) is 9.47. The zero-order valence-electron chi connectivity index (χ0n) is 16.5. The SMILES string of the molecule is COc1ccc(CC(=O)Nc2cccc(S(=O)(=O)NCc3ccco3)c2)cc1OC. The molecular formula is C21H22N2O6S. The van der Waals surface area contributed by atoms with E-state index in [9.17, 15) is 13.2 Å². The van der Waals surface area contributed by atoms with E-state index in [1.165, 1.54) is 32.6 Å². The lowest BCUT2D eigenvalue weighted by Crippen LogP contribution is -2.23. The number of carbonyl (C=O) groups is 1. The maximum atomic E-state index is 12.5. The van der Waals surface area contributed by atoms with Crippen molar-refractivity contribution >= 4 is 21.6 Å². The predicted molar refractivity (Wildman–Crippen MR) is 111 cm³/mol. The van der Waals surface area contributed by atoms with Crippen LogP contribution in [0.5, 0.6) is 11.5 Å². The lowest BCUT2D eigenvalue weighted by molar-refractivity contribution is -0.115. The first kappa shape index (κ1) is 21.4. The average molecular weight is 430 g/mol. The molecule has 3 aromatic rings. The van der Waals surface area contributed by atoms with Gasteiger partial charge in [-0.05, 0) is 48.0 Å². The molecule has 2 N–H and O–H groups in total. The number of benzene rings is 2. The molecule has 0 saturated heterocycles. The first-order valence-corrected chi connectivity index (χ1v) is 10.5. The Morgan fingerprint density at radius 2 is 1.80 bits per heavy atom. The fraction of sp³-hybridized carbons (Fsp3) is 0.190. The van der Waals surface area contributed by atoms with Crippen LogP contribution < -0.4 is 19.5 Å². The molecule has 3 rings (SSSR count). The average Bonchev–Trinajstić information content (AvgIpc) is 3.26. The van der Waals surface area contributed by atoms with Crippen LogP contribution in [0.25, 0.3) is 0 Å². The summed E-state index contributed by atoms with van der Waals surface area (Å²) in [6, 6.07) is 14.6. The Bertz CT molecular complexity index is 1110. The van der Waals surface area contributed by atoms with Crippen LogP contribution in [-0.2, 0) is 27.8 Å². The van der Waals surface area contributed by atoms with Gasteiger partial charge in [0.15, 0.2) is 11.5 Å². The number of ether oxygens (including phenoxy) is 2. The number of methoxy groups -OCH3 is 2. The topological polar surface area (TPSA) is 107 Å². The number of rotatable bonds is 9. The van der Waals surface area contributed by atoms with Crippen LogP contribution in [0.15, 0.2) is 70.2 Å². The zero-order valence-corrected chi connectivity index (χ0v) is 17.4. The van der Waals surface area contributed by atoms with Crippen molar-refractivity contribution < 1.29 is 27.1 Å². The summed E-state index contributed by atoms with van der Waals surface area (Å²) in [5, 5.41) is 2.72. The molecule has 0 unspecified atom stereocenters. The van der Waals surface area contributed by atoms with Gasteiger partial charge in [-0.25, -0.2) is 13.1 Å². The van der Waals surface area contributed by atoms with E-state index in [2.05, 4.69) is 10.0 Å². The van der Waals surface area contributed by atoms with Crippen LogP contribution in [0.1, 0.15) is 11.3 Å². The summed E-state index contributed by atoms with van der Waals surface area (Å²) in [7, 11) is -0.704. The van der Waals surface area contributed by atoms with E-state index < -0.39 is 10.0 Å². The Hall–Kier alpha value is -3.30. The second-order valence-electron chi connectivity index (χ2n) is 6.35. The molecule has 0 aliphatic heterocycles. The van der Waals surface area contributed by atoms with E-state index >= 15 is 0 Å². The quantitative estimate of drug-likeness (QED) is 0.541. The third-order valence-electron chi connectivity index (χ3n) is 4.26. The summed E-state index contributed by atoms with van der Waals surface area (Å²) in [6.45, 7) is 0.0330. The highest BCUT2D eigenvalue weighted by atomic mass is 32.2. The molecule has 0 atom stereocenters. The number of nitrogens with one attached hydrogen (secondary N) is 2. The molecule has 0 saturated carbocycles. The molecule has 9 heteroatoms. The lowest BCUT2D eigenvalue weighted by atomic mass is 10.1. The van der Waals surface area contributed by atoms with Crippen molar-refractivity contribution in [2.75, 3.05) is 19.5 Å². The highest BCUT2D eigenvalue weighted by Crippen LogP contribution is 2.27. The van der Waals surface area contributed by atoms with Gasteiger partial charge in [-0.1, -0.05) is 12.1 Å². The molecule has 0 bridgehead atoms. The van der Waals surface area contributed by atoms with Crippen LogP contribution in [-0.4, -0.2) is 28.5 Å².